The molecule has 1 aliphatic rings. The lowest BCUT2D eigenvalue weighted by Crippen LogP contribution is -2.29. The predicted molar refractivity (Wildman–Crippen MR) is 94.6 cm³/mol. The molecule has 25 heavy (non-hydrogen) atoms. The van der Waals surface area contributed by atoms with Crippen molar-refractivity contribution in [2.75, 3.05) is 10.6 Å². The van der Waals surface area contributed by atoms with Crippen LogP contribution in [0.5, 0.6) is 0 Å². The fraction of sp³-hybridized carbons (Fsp3) is 0.333. The molecule has 6 nitrogen and oxygen atoms in total. The molecule has 1 saturated carbocycles. The van der Waals surface area contributed by atoms with Crippen molar-refractivity contribution in [1.82, 2.24) is 14.6 Å². The lowest BCUT2D eigenvalue weighted by Gasteiger charge is -2.26. The first-order chi connectivity index (χ1) is 12.2. The molecule has 0 spiro atoms. The van der Waals surface area contributed by atoms with E-state index in [1.54, 1.807) is 16.6 Å². The molecule has 3 N–H and O–H groups in total. The van der Waals surface area contributed by atoms with Crippen molar-refractivity contribution < 1.29 is 9.50 Å². The van der Waals surface area contributed by atoms with Gasteiger partial charge >= 0.3 is 0 Å². The Hall–Kier alpha value is -2.67. The van der Waals surface area contributed by atoms with E-state index < -0.39 is 0 Å². The van der Waals surface area contributed by atoms with Crippen molar-refractivity contribution in [1.29, 1.82) is 0 Å². The van der Waals surface area contributed by atoms with Gasteiger partial charge in [-0.2, -0.15) is 9.50 Å². The molecular weight excluding hydrogens is 321 g/mol. The zero-order chi connectivity index (χ0) is 17.2. The summed E-state index contributed by atoms with van der Waals surface area (Å²) in [6.45, 7) is 0. The molecule has 2 heterocycles. The second-order valence-electron chi connectivity index (χ2n) is 6.40. The van der Waals surface area contributed by atoms with Crippen LogP contribution in [0.2, 0.25) is 0 Å². The topological polar surface area (TPSA) is 74.5 Å². The quantitative estimate of drug-likeness (QED) is 0.679. The molecule has 0 unspecified atom stereocenters. The van der Waals surface area contributed by atoms with E-state index in [9.17, 15) is 9.50 Å². The highest BCUT2D eigenvalue weighted by molar-refractivity contribution is 5.57. The maximum Gasteiger partial charge on any atom is 0.247 e. The molecular formula is C18H20FN5O. The first kappa shape index (κ1) is 15.8. The van der Waals surface area contributed by atoms with Crippen molar-refractivity contribution in [2.24, 2.45) is 0 Å². The highest BCUT2D eigenvalue weighted by atomic mass is 19.1. The third kappa shape index (κ3) is 3.56. The molecule has 0 radical (unpaired) electrons. The molecule has 1 fully saturated rings. The molecule has 2 aromatic heterocycles. The standard InChI is InChI=1S/C18H20FN5O/c19-12-4-6-14(7-5-12)21-18-22-17-3-1-2-16(24(17)23-18)20-13-8-10-15(25)11-9-13/h1-7,13,15,20,25H,8-11H2,(H,21,23)/t13-,15+. The number of halogens is 1. The summed E-state index contributed by atoms with van der Waals surface area (Å²) in [5.74, 6) is 1.05. The number of fused-ring (bicyclic) bond motifs is 1. The lowest BCUT2D eigenvalue weighted by atomic mass is 9.93. The highest BCUT2D eigenvalue weighted by Gasteiger charge is 2.20. The molecule has 3 aromatic rings. The zero-order valence-electron chi connectivity index (χ0n) is 13.7. The van der Waals surface area contributed by atoms with Crippen molar-refractivity contribution in [3.63, 3.8) is 0 Å². The van der Waals surface area contributed by atoms with Gasteiger partial charge < -0.3 is 15.7 Å². The average molecular weight is 341 g/mol. The lowest BCUT2D eigenvalue weighted by molar-refractivity contribution is 0.126. The first-order valence-corrected chi connectivity index (χ1v) is 8.50. The number of aromatic nitrogens is 3. The number of hydrogen-bond acceptors (Lipinski definition) is 5. The fourth-order valence-corrected chi connectivity index (χ4v) is 3.16. The van der Waals surface area contributed by atoms with Crippen LogP contribution in [0.3, 0.4) is 0 Å². The summed E-state index contributed by atoms with van der Waals surface area (Å²) in [6.07, 6.45) is 3.34. The molecule has 0 aliphatic heterocycles. The van der Waals surface area contributed by atoms with Crippen LogP contribution in [0.1, 0.15) is 25.7 Å². The summed E-state index contributed by atoms with van der Waals surface area (Å²) in [6, 6.07) is 12.2. The zero-order valence-corrected chi connectivity index (χ0v) is 13.7. The van der Waals surface area contributed by atoms with Crippen LogP contribution in [-0.2, 0) is 0 Å². The van der Waals surface area contributed by atoms with Crippen LogP contribution in [0.25, 0.3) is 5.65 Å². The van der Waals surface area contributed by atoms with Gasteiger partial charge in [-0.3, -0.25) is 0 Å². The minimum atomic E-state index is -0.280. The van der Waals surface area contributed by atoms with Gasteiger partial charge in [0.15, 0.2) is 5.65 Å². The van der Waals surface area contributed by atoms with E-state index in [1.807, 2.05) is 18.2 Å². The van der Waals surface area contributed by atoms with Gasteiger partial charge in [0.2, 0.25) is 5.95 Å². The van der Waals surface area contributed by atoms with Gasteiger partial charge in [-0.05, 0) is 62.1 Å². The summed E-state index contributed by atoms with van der Waals surface area (Å²) >= 11 is 0. The summed E-state index contributed by atoms with van der Waals surface area (Å²) in [4.78, 5) is 4.46. The summed E-state index contributed by atoms with van der Waals surface area (Å²) in [5.41, 5.74) is 1.46. The Morgan fingerprint density at radius 2 is 1.80 bits per heavy atom. The van der Waals surface area contributed by atoms with Crippen LogP contribution in [0, 0.1) is 5.82 Å². The number of benzene rings is 1. The van der Waals surface area contributed by atoms with Crippen LogP contribution < -0.4 is 10.6 Å². The van der Waals surface area contributed by atoms with E-state index in [0.717, 1.165) is 42.8 Å². The Labute approximate surface area is 144 Å². The van der Waals surface area contributed by atoms with E-state index in [2.05, 4.69) is 20.7 Å². The number of nitrogens with one attached hydrogen (secondary N) is 2. The Balaban J connectivity index is 1.54. The van der Waals surface area contributed by atoms with Crippen molar-refractivity contribution in [3.8, 4) is 0 Å². The van der Waals surface area contributed by atoms with Gasteiger partial charge in [0, 0.05) is 11.7 Å². The number of anilines is 3. The molecule has 1 aliphatic carbocycles. The first-order valence-electron chi connectivity index (χ1n) is 8.50. The number of hydrogen-bond donors (Lipinski definition) is 3. The molecule has 0 amide bonds. The van der Waals surface area contributed by atoms with Gasteiger partial charge in [0.05, 0.1) is 6.10 Å². The third-order valence-electron chi connectivity index (χ3n) is 4.51. The molecule has 0 bridgehead atoms. The van der Waals surface area contributed by atoms with E-state index in [1.165, 1.54) is 12.1 Å². The number of rotatable bonds is 4. The summed E-state index contributed by atoms with van der Waals surface area (Å²) in [7, 11) is 0. The molecule has 0 saturated heterocycles. The highest BCUT2D eigenvalue weighted by Crippen LogP contribution is 2.23. The number of pyridine rings is 1. The molecule has 4 rings (SSSR count). The summed E-state index contributed by atoms with van der Waals surface area (Å²) in [5, 5.41) is 20.7. The molecule has 0 atom stereocenters. The van der Waals surface area contributed by atoms with Gasteiger partial charge in [-0.25, -0.2) is 4.39 Å². The van der Waals surface area contributed by atoms with Crippen LogP contribution in [0.15, 0.2) is 42.5 Å². The SMILES string of the molecule is O[C@H]1CC[C@@H](Nc2cccc3nc(Nc4ccc(F)cc4)nn23)CC1. The van der Waals surface area contributed by atoms with Gasteiger partial charge in [-0.15, -0.1) is 5.10 Å². The Morgan fingerprint density at radius 1 is 1.04 bits per heavy atom. The minimum Gasteiger partial charge on any atom is -0.393 e. The van der Waals surface area contributed by atoms with Gasteiger partial charge in [-0.1, -0.05) is 6.07 Å². The van der Waals surface area contributed by atoms with Crippen molar-refractivity contribution in [3.05, 3.63) is 48.3 Å². The number of nitrogens with zero attached hydrogens (tertiary/aromatic N) is 3. The maximum atomic E-state index is 13.0. The van der Waals surface area contributed by atoms with Crippen LogP contribution >= 0.6 is 0 Å². The third-order valence-corrected chi connectivity index (χ3v) is 4.51. The second-order valence-corrected chi connectivity index (χ2v) is 6.40. The van der Waals surface area contributed by atoms with Gasteiger partial charge in [0.25, 0.3) is 0 Å². The predicted octanol–water partition coefficient (Wildman–Crippen LogP) is 3.33. The van der Waals surface area contributed by atoms with Crippen LogP contribution in [-0.4, -0.2) is 31.9 Å². The maximum absolute atomic E-state index is 13.0. The molecule has 7 heteroatoms. The average Bonchev–Trinajstić information content (AvgIpc) is 3.02. The Kier molecular flexibility index (Phi) is 4.23. The molecule has 1 aromatic carbocycles. The summed E-state index contributed by atoms with van der Waals surface area (Å²) < 4.78 is 14.8. The van der Waals surface area contributed by atoms with E-state index in [0.29, 0.717) is 12.0 Å². The van der Waals surface area contributed by atoms with E-state index in [4.69, 9.17) is 0 Å². The van der Waals surface area contributed by atoms with Crippen molar-refractivity contribution in [2.45, 2.75) is 37.8 Å². The second kappa shape index (κ2) is 6.68. The van der Waals surface area contributed by atoms with E-state index >= 15 is 0 Å². The van der Waals surface area contributed by atoms with Crippen LogP contribution in [0.4, 0.5) is 21.8 Å². The molecule has 130 valence electrons. The Morgan fingerprint density at radius 3 is 2.56 bits per heavy atom. The number of aliphatic hydroxyl groups is 1. The fourth-order valence-electron chi connectivity index (χ4n) is 3.16. The Bertz CT molecular complexity index is 856. The number of aliphatic hydroxyl groups excluding tert-OH is 1. The minimum absolute atomic E-state index is 0.174. The normalized spacial score (nSPS) is 20.6. The van der Waals surface area contributed by atoms with E-state index in [-0.39, 0.29) is 11.9 Å². The van der Waals surface area contributed by atoms with Gasteiger partial charge in [0.1, 0.15) is 11.6 Å². The van der Waals surface area contributed by atoms with Crippen molar-refractivity contribution >= 4 is 23.1 Å². The monoisotopic (exact) mass is 341 g/mol. The largest absolute Gasteiger partial charge is 0.393 e. The smallest absolute Gasteiger partial charge is 0.247 e.